The summed E-state index contributed by atoms with van der Waals surface area (Å²) in [5.74, 6) is 1.18. The highest BCUT2D eigenvalue weighted by molar-refractivity contribution is 7.71. The predicted molar refractivity (Wildman–Crippen MR) is 113 cm³/mol. The molecule has 1 atom stereocenters. The summed E-state index contributed by atoms with van der Waals surface area (Å²) in [4.78, 5) is 24.5. The van der Waals surface area contributed by atoms with E-state index in [-0.39, 0.29) is 11.8 Å². The van der Waals surface area contributed by atoms with Crippen molar-refractivity contribution in [3.05, 3.63) is 45.6 Å². The first-order valence-electron chi connectivity index (χ1n) is 8.94. The number of thiophene rings is 1. The molecule has 1 aliphatic rings. The molecule has 146 valence electrons. The van der Waals surface area contributed by atoms with E-state index in [1.807, 2.05) is 22.2 Å². The van der Waals surface area contributed by atoms with Gasteiger partial charge in [-0.25, -0.2) is 9.67 Å². The van der Waals surface area contributed by atoms with Crippen LogP contribution in [-0.2, 0) is 11.5 Å². The van der Waals surface area contributed by atoms with Gasteiger partial charge in [-0.15, -0.1) is 11.3 Å². The number of likely N-dealkylation sites (tertiary alicyclic amines) is 1. The zero-order chi connectivity index (χ0) is 19.5. The summed E-state index contributed by atoms with van der Waals surface area (Å²) in [6.07, 6.45) is 3.33. The molecule has 1 fully saturated rings. The fourth-order valence-electron chi connectivity index (χ4n) is 3.25. The van der Waals surface area contributed by atoms with Gasteiger partial charge in [0, 0.05) is 12.7 Å². The fourth-order valence-corrected chi connectivity index (χ4v) is 4.22. The molecule has 0 saturated carbocycles. The van der Waals surface area contributed by atoms with Crippen LogP contribution in [0.4, 0.5) is 5.82 Å². The number of pyridine rings is 1. The Morgan fingerprint density at radius 2 is 2.32 bits per heavy atom. The molecule has 2 N–H and O–H groups in total. The first-order chi connectivity index (χ1) is 13.6. The Morgan fingerprint density at radius 3 is 3.07 bits per heavy atom. The number of piperidine rings is 1. The lowest BCUT2D eigenvalue weighted by atomic mass is 9.97. The summed E-state index contributed by atoms with van der Waals surface area (Å²) < 4.78 is 2.37. The average Bonchev–Trinajstić information content (AvgIpc) is 3.34. The average molecular weight is 435 g/mol. The van der Waals surface area contributed by atoms with Crippen LogP contribution in [0.25, 0.3) is 10.7 Å². The second-order valence-electron chi connectivity index (χ2n) is 6.67. The van der Waals surface area contributed by atoms with Crippen molar-refractivity contribution in [3.8, 4) is 10.7 Å². The standard InChI is InChI=1S/C18H19ClN6OS2/c19-13-5-6-15(20-9-13)21-17(26)12-3-1-7-24(10-12)11-25-18(27)22-16(23-25)14-4-2-8-28-14/h2,4-6,8-9,12H,1,3,7,10-11H2,(H,20,21,26)(H,22,23,27). The van der Waals surface area contributed by atoms with Gasteiger partial charge in [-0.05, 0) is 55.2 Å². The lowest BCUT2D eigenvalue weighted by molar-refractivity contribution is -0.121. The summed E-state index contributed by atoms with van der Waals surface area (Å²) in [7, 11) is 0. The first kappa shape index (κ1) is 19.3. The normalized spacial score (nSPS) is 17.5. The maximum Gasteiger partial charge on any atom is 0.229 e. The van der Waals surface area contributed by atoms with Crippen molar-refractivity contribution < 1.29 is 4.79 Å². The van der Waals surface area contributed by atoms with Crippen LogP contribution < -0.4 is 5.32 Å². The van der Waals surface area contributed by atoms with Gasteiger partial charge in [0.2, 0.25) is 10.7 Å². The van der Waals surface area contributed by atoms with Gasteiger partial charge in [0.15, 0.2) is 5.82 Å². The molecule has 10 heteroatoms. The SMILES string of the molecule is O=C(Nc1ccc(Cl)cn1)C1CCCN(Cn2[nH]c(-c3cccs3)nc2=S)C1. The third kappa shape index (κ3) is 4.49. The fraction of sp³-hybridized carbons (Fsp3) is 0.333. The largest absolute Gasteiger partial charge is 0.310 e. The molecule has 0 aromatic carbocycles. The highest BCUT2D eigenvalue weighted by atomic mass is 35.5. The van der Waals surface area contributed by atoms with E-state index in [9.17, 15) is 4.79 Å². The Morgan fingerprint density at radius 1 is 1.43 bits per heavy atom. The molecule has 3 aromatic rings. The summed E-state index contributed by atoms with van der Waals surface area (Å²) in [6.45, 7) is 2.16. The lowest BCUT2D eigenvalue weighted by Gasteiger charge is -2.31. The zero-order valence-corrected chi connectivity index (χ0v) is 17.4. The van der Waals surface area contributed by atoms with Crippen LogP contribution in [0.5, 0.6) is 0 Å². The maximum atomic E-state index is 12.6. The van der Waals surface area contributed by atoms with Crippen molar-refractivity contribution in [1.82, 2.24) is 24.6 Å². The minimum absolute atomic E-state index is 0.0213. The number of nitrogens with zero attached hydrogens (tertiary/aromatic N) is 4. The number of anilines is 1. The number of carbonyl (C=O) groups is 1. The Balaban J connectivity index is 1.39. The zero-order valence-electron chi connectivity index (χ0n) is 15.0. The van der Waals surface area contributed by atoms with Gasteiger partial charge < -0.3 is 5.32 Å². The van der Waals surface area contributed by atoms with Crippen molar-refractivity contribution in [1.29, 1.82) is 0 Å². The van der Waals surface area contributed by atoms with Crippen molar-refractivity contribution in [2.24, 2.45) is 5.92 Å². The number of aromatic nitrogens is 4. The predicted octanol–water partition coefficient (Wildman–Crippen LogP) is 4.03. The van der Waals surface area contributed by atoms with Gasteiger partial charge in [0.05, 0.1) is 22.5 Å². The van der Waals surface area contributed by atoms with Gasteiger partial charge >= 0.3 is 0 Å². The van der Waals surface area contributed by atoms with Gasteiger partial charge in [0.25, 0.3) is 0 Å². The van der Waals surface area contributed by atoms with Crippen LogP contribution in [0.15, 0.2) is 35.8 Å². The van der Waals surface area contributed by atoms with Crippen molar-refractivity contribution in [3.63, 3.8) is 0 Å². The highest BCUT2D eigenvalue weighted by Gasteiger charge is 2.26. The molecule has 0 bridgehead atoms. The smallest absolute Gasteiger partial charge is 0.229 e. The van der Waals surface area contributed by atoms with Gasteiger partial charge in [-0.1, -0.05) is 17.7 Å². The van der Waals surface area contributed by atoms with E-state index in [1.165, 1.54) is 6.20 Å². The molecule has 0 spiro atoms. The van der Waals surface area contributed by atoms with E-state index in [1.54, 1.807) is 23.5 Å². The summed E-state index contributed by atoms with van der Waals surface area (Å²) in [5.41, 5.74) is 0. The molecule has 4 rings (SSSR count). The van der Waals surface area contributed by atoms with E-state index in [0.29, 0.717) is 28.8 Å². The molecule has 28 heavy (non-hydrogen) atoms. The number of H-pyrrole nitrogens is 1. The van der Waals surface area contributed by atoms with Gasteiger partial charge in [-0.3, -0.25) is 14.8 Å². The molecule has 7 nitrogen and oxygen atoms in total. The maximum absolute atomic E-state index is 12.6. The number of rotatable bonds is 5. The minimum Gasteiger partial charge on any atom is -0.310 e. The second kappa shape index (κ2) is 8.52. The molecule has 3 aromatic heterocycles. The number of hydrogen-bond acceptors (Lipinski definition) is 6. The molecule has 1 saturated heterocycles. The third-order valence-electron chi connectivity index (χ3n) is 4.63. The van der Waals surface area contributed by atoms with E-state index in [0.717, 1.165) is 30.1 Å². The molecule has 1 amide bonds. The van der Waals surface area contributed by atoms with Gasteiger partial charge in [0.1, 0.15) is 5.82 Å². The molecular weight excluding hydrogens is 416 g/mol. The van der Waals surface area contributed by atoms with E-state index in [2.05, 4.69) is 25.3 Å². The molecule has 1 aliphatic heterocycles. The van der Waals surface area contributed by atoms with Crippen LogP contribution >= 0.6 is 35.2 Å². The summed E-state index contributed by atoms with van der Waals surface area (Å²) >= 11 is 12.8. The first-order valence-corrected chi connectivity index (χ1v) is 10.6. The third-order valence-corrected chi connectivity index (χ3v) is 6.04. The molecule has 0 aliphatic carbocycles. The van der Waals surface area contributed by atoms with E-state index < -0.39 is 0 Å². The van der Waals surface area contributed by atoms with Crippen LogP contribution in [-0.4, -0.2) is 43.6 Å². The number of carbonyl (C=O) groups excluding carboxylic acids is 1. The highest BCUT2D eigenvalue weighted by Crippen LogP contribution is 2.22. The van der Waals surface area contributed by atoms with Crippen molar-refractivity contribution in [2.45, 2.75) is 19.5 Å². The summed E-state index contributed by atoms with van der Waals surface area (Å²) in [6, 6.07) is 7.41. The number of halogens is 1. The second-order valence-corrected chi connectivity index (χ2v) is 8.42. The van der Waals surface area contributed by atoms with E-state index in [4.69, 9.17) is 23.8 Å². The quantitative estimate of drug-likeness (QED) is 0.593. The number of aromatic amines is 1. The number of nitrogens with one attached hydrogen (secondary N) is 2. The van der Waals surface area contributed by atoms with Crippen LogP contribution in [0, 0.1) is 10.7 Å². The monoisotopic (exact) mass is 434 g/mol. The molecule has 4 heterocycles. The van der Waals surface area contributed by atoms with Gasteiger partial charge in [-0.2, -0.15) is 4.98 Å². The Hall–Kier alpha value is -2.07. The summed E-state index contributed by atoms with van der Waals surface area (Å²) in [5, 5.41) is 8.69. The Kier molecular flexibility index (Phi) is 5.86. The Bertz CT molecular complexity index is 998. The molecule has 0 radical (unpaired) electrons. The molecular formula is C18H19ClN6OS2. The van der Waals surface area contributed by atoms with E-state index >= 15 is 0 Å². The van der Waals surface area contributed by atoms with Crippen molar-refractivity contribution >= 4 is 46.9 Å². The minimum atomic E-state index is -0.0971. The lowest BCUT2D eigenvalue weighted by Crippen LogP contribution is -2.41. The van der Waals surface area contributed by atoms with Crippen LogP contribution in [0.1, 0.15) is 12.8 Å². The number of hydrogen-bond donors (Lipinski definition) is 2. The Labute approximate surface area is 176 Å². The molecule has 1 unspecified atom stereocenters. The number of amides is 1. The van der Waals surface area contributed by atoms with Crippen molar-refractivity contribution in [2.75, 3.05) is 18.4 Å². The van der Waals surface area contributed by atoms with Crippen LogP contribution in [0.2, 0.25) is 5.02 Å². The topological polar surface area (TPSA) is 78.8 Å². The van der Waals surface area contributed by atoms with Crippen LogP contribution in [0.3, 0.4) is 0 Å².